The molecule has 0 aliphatic rings. The van der Waals surface area contributed by atoms with Crippen molar-refractivity contribution in [2.45, 2.75) is 6.42 Å². The van der Waals surface area contributed by atoms with E-state index >= 15 is 0 Å². The molecule has 0 aromatic heterocycles. The number of urea groups is 1. The van der Waals surface area contributed by atoms with Gasteiger partial charge in [0.25, 0.3) is 0 Å². The molecule has 6 heteroatoms. The van der Waals surface area contributed by atoms with E-state index in [-0.39, 0.29) is 6.03 Å². The number of hydrogen-bond acceptors (Lipinski definition) is 2. The number of hydrogen-bond donors (Lipinski definition) is 2. The number of halogens is 2. The summed E-state index contributed by atoms with van der Waals surface area (Å²) < 4.78 is 0.879. The maximum atomic E-state index is 11.6. The highest BCUT2D eigenvalue weighted by Gasteiger charge is 2.05. The van der Waals surface area contributed by atoms with E-state index in [2.05, 4.69) is 31.5 Å². The molecule has 0 saturated heterocycles. The predicted octanol–water partition coefficient (Wildman–Crippen LogP) is 3.18. The van der Waals surface area contributed by atoms with Gasteiger partial charge in [-0.3, -0.25) is 0 Å². The molecule has 0 aliphatic carbocycles. The van der Waals surface area contributed by atoms with Crippen molar-refractivity contribution < 1.29 is 4.79 Å². The van der Waals surface area contributed by atoms with E-state index < -0.39 is 0 Å². The van der Waals surface area contributed by atoms with Gasteiger partial charge < -0.3 is 15.5 Å². The van der Waals surface area contributed by atoms with E-state index in [1.54, 1.807) is 12.1 Å². The van der Waals surface area contributed by atoms with Crippen LogP contribution in [0.1, 0.15) is 6.42 Å². The summed E-state index contributed by atoms with van der Waals surface area (Å²) in [5.74, 6) is 0. The van der Waals surface area contributed by atoms with Gasteiger partial charge in [0.2, 0.25) is 0 Å². The van der Waals surface area contributed by atoms with E-state index in [0.29, 0.717) is 17.3 Å². The van der Waals surface area contributed by atoms with Gasteiger partial charge in [-0.15, -0.1) is 0 Å². The molecule has 0 radical (unpaired) electrons. The molecule has 0 atom stereocenters. The summed E-state index contributed by atoms with van der Waals surface area (Å²) in [6.07, 6.45) is 0.911. The first-order valence-corrected chi connectivity index (χ1v) is 6.81. The van der Waals surface area contributed by atoms with E-state index in [4.69, 9.17) is 11.6 Å². The van der Waals surface area contributed by atoms with Gasteiger partial charge in [0, 0.05) is 11.0 Å². The third kappa shape index (κ3) is 5.71. The Morgan fingerprint density at radius 1 is 1.44 bits per heavy atom. The first kappa shape index (κ1) is 15.3. The van der Waals surface area contributed by atoms with Crippen LogP contribution in [-0.4, -0.2) is 38.1 Å². The molecular weight excluding hydrogens is 318 g/mol. The second-order valence-electron chi connectivity index (χ2n) is 4.16. The molecule has 0 fully saturated rings. The number of carbonyl (C=O) groups excluding carboxylic acids is 1. The maximum Gasteiger partial charge on any atom is 0.319 e. The van der Waals surface area contributed by atoms with Crippen molar-refractivity contribution in [3.8, 4) is 0 Å². The summed E-state index contributed by atoms with van der Waals surface area (Å²) >= 11 is 9.31. The van der Waals surface area contributed by atoms with Crippen molar-refractivity contribution in [1.82, 2.24) is 10.2 Å². The van der Waals surface area contributed by atoms with Gasteiger partial charge in [0.15, 0.2) is 0 Å². The topological polar surface area (TPSA) is 44.4 Å². The lowest BCUT2D eigenvalue weighted by atomic mass is 10.3. The highest BCUT2D eigenvalue weighted by Crippen LogP contribution is 2.25. The molecular formula is C12H17BrClN3O. The first-order valence-electron chi connectivity index (χ1n) is 5.63. The van der Waals surface area contributed by atoms with Crippen LogP contribution in [-0.2, 0) is 0 Å². The average Bonchev–Trinajstić information content (AvgIpc) is 2.28. The Hall–Kier alpha value is -0.780. The fourth-order valence-corrected chi connectivity index (χ4v) is 2.08. The fourth-order valence-electron chi connectivity index (χ4n) is 1.35. The van der Waals surface area contributed by atoms with Crippen LogP contribution < -0.4 is 10.6 Å². The minimum absolute atomic E-state index is 0.238. The molecule has 100 valence electrons. The van der Waals surface area contributed by atoms with E-state index in [9.17, 15) is 4.79 Å². The Balaban J connectivity index is 2.35. The molecule has 0 spiro atoms. The van der Waals surface area contributed by atoms with Crippen LogP contribution in [0.15, 0.2) is 22.7 Å². The Labute approximate surface area is 121 Å². The lowest BCUT2D eigenvalue weighted by molar-refractivity contribution is 0.251. The number of nitrogens with one attached hydrogen (secondary N) is 2. The Bertz CT molecular complexity index is 412. The highest BCUT2D eigenvalue weighted by molar-refractivity contribution is 9.10. The molecule has 4 nitrogen and oxygen atoms in total. The molecule has 0 aliphatic heterocycles. The number of amides is 2. The van der Waals surface area contributed by atoms with Gasteiger partial charge in [0.05, 0.1) is 10.7 Å². The Morgan fingerprint density at radius 3 is 2.78 bits per heavy atom. The number of benzene rings is 1. The van der Waals surface area contributed by atoms with Gasteiger partial charge in [-0.2, -0.15) is 0 Å². The summed E-state index contributed by atoms with van der Waals surface area (Å²) in [6.45, 7) is 1.58. The molecule has 1 aromatic rings. The molecule has 1 aromatic carbocycles. The molecule has 2 amide bonds. The lowest BCUT2D eigenvalue weighted by Crippen LogP contribution is -2.31. The standard InChI is InChI=1S/C12H17BrClN3O/c1-17(2)7-3-6-15-12(18)16-11-5-4-9(13)8-10(11)14/h4-5,8H,3,6-7H2,1-2H3,(H2,15,16,18). The lowest BCUT2D eigenvalue weighted by Gasteiger charge is -2.11. The maximum absolute atomic E-state index is 11.6. The first-order chi connectivity index (χ1) is 8.49. The summed E-state index contributed by atoms with van der Waals surface area (Å²) in [6, 6.07) is 5.08. The third-order valence-electron chi connectivity index (χ3n) is 2.25. The van der Waals surface area contributed by atoms with E-state index in [1.807, 2.05) is 20.2 Å². The zero-order valence-electron chi connectivity index (χ0n) is 10.5. The van der Waals surface area contributed by atoms with Crippen molar-refractivity contribution >= 4 is 39.2 Å². The zero-order chi connectivity index (χ0) is 13.5. The fraction of sp³-hybridized carbons (Fsp3) is 0.417. The van der Waals surface area contributed by atoms with Crippen LogP contribution >= 0.6 is 27.5 Å². The van der Waals surface area contributed by atoms with Crippen LogP contribution in [0.25, 0.3) is 0 Å². The summed E-state index contributed by atoms with van der Waals surface area (Å²) in [5, 5.41) is 6.00. The van der Waals surface area contributed by atoms with E-state index in [1.165, 1.54) is 0 Å². The number of nitrogens with zero attached hydrogens (tertiary/aromatic N) is 1. The molecule has 1 rings (SSSR count). The Kier molecular flexibility index (Phi) is 6.46. The molecule has 2 N–H and O–H groups in total. The molecule has 0 heterocycles. The van der Waals surface area contributed by atoms with Gasteiger partial charge >= 0.3 is 6.03 Å². The average molecular weight is 335 g/mol. The number of carbonyl (C=O) groups is 1. The monoisotopic (exact) mass is 333 g/mol. The minimum atomic E-state index is -0.238. The van der Waals surface area contributed by atoms with Crippen molar-refractivity contribution in [2.24, 2.45) is 0 Å². The van der Waals surface area contributed by atoms with Gasteiger partial charge in [-0.05, 0) is 45.3 Å². The van der Waals surface area contributed by atoms with Gasteiger partial charge in [-0.1, -0.05) is 27.5 Å². The van der Waals surface area contributed by atoms with Crippen LogP contribution in [0.2, 0.25) is 5.02 Å². The second-order valence-corrected chi connectivity index (χ2v) is 5.48. The SMILES string of the molecule is CN(C)CCCNC(=O)Nc1ccc(Br)cc1Cl. The zero-order valence-corrected chi connectivity index (χ0v) is 12.8. The molecule has 0 unspecified atom stereocenters. The van der Waals surface area contributed by atoms with Gasteiger partial charge in [0.1, 0.15) is 0 Å². The molecule has 0 bridgehead atoms. The predicted molar refractivity (Wildman–Crippen MR) is 79.3 cm³/mol. The van der Waals surface area contributed by atoms with Crippen LogP contribution in [0.3, 0.4) is 0 Å². The van der Waals surface area contributed by atoms with Crippen molar-refractivity contribution in [3.63, 3.8) is 0 Å². The van der Waals surface area contributed by atoms with Crippen molar-refractivity contribution in [3.05, 3.63) is 27.7 Å². The summed E-state index contributed by atoms with van der Waals surface area (Å²) in [7, 11) is 4.00. The number of rotatable bonds is 5. The molecule has 18 heavy (non-hydrogen) atoms. The van der Waals surface area contributed by atoms with Gasteiger partial charge in [-0.25, -0.2) is 4.79 Å². The Morgan fingerprint density at radius 2 is 2.17 bits per heavy atom. The quantitative estimate of drug-likeness (QED) is 0.812. The largest absolute Gasteiger partial charge is 0.338 e. The normalized spacial score (nSPS) is 10.5. The summed E-state index contributed by atoms with van der Waals surface area (Å²) in [4.78, 5) is 13.7. The third-order valence-corrected chi connectivity index (χ3v) is 3.05. The minimum Gasteiger partial charge on any atom is -0.338 e. The van der Waals surface area contributed by atoms with E-state index in [0.717, 1.165) is 17.4 Å². The van der Waals surface area contributed by atoms with Crippen molar-refractivity contribution in [2.75, 3.05) is 32.5 Å². The second kappa shape index (κ2) is 7.61. The highest BCUT2D eigenvalue weighted by atomic mass is 79.9. The molecule has 0 saturated carbocycles. The summed E-state index contributed by atoms with van der Waals surface area (Å²) in [5.41, 5.74) is 0.602. The van der Waals surface area contributed by atoms with Crippen LogP contribution in [0, 0.1) is 0 Å². The van der Waals surface area contributed by atoms with Crippen LogP contribution in [0.4, 0.5) is 10.5 Å². The number of anilines is 1. The van der Waals surface area contributed by atoms with Crippen molar-refractivity contribution in [1.29, 1.82) is 0 Å². The smallest absolute Gasteiger partial charge is 0.319 e. The van der Waals surface area contributed by atoms with Crippen LogP contribution in [0.5, 0.6) is 0 Å².